The minimum Gasteiger partial charge on any atom is -0.444 e. The molecule has 12 nitrogen and oxygen atoms in total. The van der Waals surface area contributed by atoms with Crippen molar-refractivity contribution < 1.29 is 28.2 Å². The average Bonchev–Trinajstić information content (AvgIpc) is 3.80. The molecule has 2 saturated heterocycles. The van der Waals surface area contributed by atoms with Gasteiger partial charge in [0.2, 0.25) is 5.95 Å². The Morgan fingerprint density at radius 1 is 1.19 bits per heavy atom. The monoisotopic (exact) mass is 678 g/mol. The largest absolute Gasteiger partial charge is 0.444 e. The number of halogens is 2. The third kappa shape index (κ3) is 5.71. The summed E-state index contributed by atoms with van der Waals surface area (Å²) in [5.74, 6) is -0.999. The van der Waals surface area contributed by atoms with Gasteiger partial charge in [0.05, 0.1) is 42.0 Å². The van der Waals surface area contributed by atoms with E-state index in [9.17, 15) is 15.2 Å². The van der Waals surface area contributed by atoms with Crippen LogP contribution in [0.25, 0.3) is 32.2 Å². The topological polar surface area (TPSA) is 140 Å². The number of rotatable bonds is 5. The van der Waals surface area contributed by atoms with Crippen LogP contribution in [0.2, 0.25) is 0 Å². The number of carbonyl (C=O) groups excluding carboxylic acids is 1. The van der Waals surface area contributed by atoms with Crippen molar-refractivity contribution in [3.63, 3.8) is 0 Å². The van der Waals surface area contributed by atoms with Gasteiger partial charge in [0.15, 0.2) is 11.6 Å². The van der Waals surface area contributed by atoms with Crippen molar-refractivity contribution in [1.29, 1.82) is 5.26 Å². The molecule has 0 radical (unpaired) electrons. The number of aliphatic hydroxyl groups excluding tert-OH is 1. The molecular formula is C33H36F2N8O4S. The number of piperazine rings is 1. The molecule has 3 aliphatic rings. The van der Waals surface area contributed by atoms with Gasteiger partial charge in [0.25, 0.3) is 0 Å². The number of hydrogen-bond acceptors (Lipinski definition) is 12. The number of benzene rings is 1. The van der Waals surface area contributed by atoms with Gasteiger partial charge in [-0.25, -0.2) is 23.5 Å². The molecule has 2 atom stereocenters. The molecule has 3 aliphatic heterocycles. The molecule has 1 amide bonds. The molecule has 0 aliphatic carbocycles. The number of nitrogens with one attached hydrogen (secondary N) is 1. The zero-order valence-electron chi connectivity index (χ0n) is 27.1. The van der Waals surface area contributed by atoms with Crippen molar-refractivity contribution in [1.82, 2.24) is 24.8 Å². The second-order valence-electron chi connectivity index (χ2n) is 13.5. The van der Waals surface area contributed by atoms with Crippen LogP contribution in [0.3, 0.4) is 0 Å². The Morgan fingerprint density at radius 2 is 1.98 bits per heavy atom. The highest BCUT2D eigenvalue weighted by molar-refractivity contribution is 7.23. The normalized spacial score (nSPS) is 20.4. The average molecular weight is 679 g/mol. The van der Waals surface area contributed by atoms with Gasteiger partial charge in [-0.15, -0.1) is 11.3 Å². The fraction of sp³-hybridized carbons (Fsp3) is 0.485. The second-order valence-corrected chi connectivity index (χ2v) is 14.5. The number of aromatic nitrogens is 3. The smallest absolute Gasteiger partial charge is 0.412 e. The summed E-state index contributed by atoms with van der Waals surface area (Å²) in [6.45, 7) is 9.35. The molecule has 15 heteroatoms. The Labute approximate surface area is 279 Å². The van der Waals surface area contributed by atoms with Gasteiger partial charge in [-0.2, -0.15) is 5.26 Å². The molecule has 2 fully saturated rings. The number of amides is 1. The third-order valence-electron chi connectivity index (χ3n) is 9.18. The summed E-state index contributed by atoms with van der Waals surface area (Å²) >= 11 is 0.856. The molecule has 3 aromatic heterocycles. The van der Waals surface area contributed by atoms with E-state index in [2.05, 4.69) is 38.2 Å². The van der Waals surface area contributed by atoms with Gasteiger partial charge < -0.3 is 24.4 Å². The molecule has 2 N–H and O–H groups in total. The van der Waals surface area contributed by atoms with Crippen molar-refractivity contribution in [2.45, 2.75) is 58.1 Å². The fourth-order valence-electron chi connectivity index (χ4n) is 7.02. The van der Waals surface area contributed by atoms with Gasteiger partial charge in [0.1, 0.15) is 22.2 Å². The number of nitrogens with zero attached hydrogens (tertiary/aromatic N) is 7. The van der Waals surface area contributed by atoms with E-state index in [1.54, 1.807) is 27.0 Å². The maximum Gasteiger partial charge on any atom is 0.412 e. The van der Waals surface area contributed by atoms with Crippen LogP contribution >= 0.6 is 11.3 Å². The zero-order chi connectivity index (χ0) is 33.9. The summed E-state index contributed by atoms with van der Waals surface area (Å²) in [7, 11) is 2.06. The summed E-state index contributed by atoms with van der Waals surface area (Å²) in [6, 6.07) is 2.31. The highest BCUT2D eigenvalue weighted by atomic mass is 32.1. The van der Waals surface area contributed by atoms with Crippen LogP contribution in [0, 0.1) is 23.0 Å². The molecule has 48 heavy (non-hydrogen) atoms. The fourth-order valence-corrected chi connectivity index (χ4v) is 8.06. The number of anilines is 2. The predicted molar refractivity (Wildman–Crippen MR) is 177 cm³/mol. The van der Waals surface area contributed by atoms with Crippen LogP contribution in [0.5, 0.6) is 0 Å². The molecule has 6 heterocycles. The molecule has 0 unspecified atom stereocenters. The molecular weight excluding hydrogens is 642 g/mol. The Balaban J connectivity index is 1.30. The lowest BCUT2D eigenvalue weighted by atomic mass is 9.94. The number of nitriles is 1. The first-order valence-electron chi connectivity index (χ1n) is 15.9. The SMILES string of the molecule is CN1CCN([C@@H]2CCN(c3ncc4c5c(c(-c6ncc(F)c7sc(NC(=O)OC(C)(C)C)c(C#N)c67)c(F)c4n3)COC5)C2)[C@H](CO)C1. The minimum absolute atomic E-state index is 0.0455. The molecule has 4 aromatic rings. The van der Waals surface area contributed by atoms with Gasteiger partial charge in [-0.1, -0.05) is 0 Å². The lowest BCUT2D eigenvalue weighted by Gasteiger charge is -2.42. The lowest BCUT2D eigenvalue weighted by molar-refractivity contribution is 0.0266. The molecule has 7 rings (SSSR count). The van der Waals surface area contributed by atoms with E-state index in [0.29, 0.717) is 35.6 Å². The van der Waals surface area contributed by atoms with Gasteiger partial charge in [-0.3, -0.25) is 15.2 Å². The van der Waals surface area contributed by atoms with Gasteiger partial charge >= 0.3 is 6.09 Å². The van der Waals surface area contributed by atoms with Crippen molar-refractivity contribution in [3.8, 4) is 17.3 Å². The quantitative estimate of drug-likeness (QED) is 0.306. The van der Waals surface area contributed by atoms with Crippen molar-refractivity contribution in [2.24, 2.45) is 0 Å². The van der Waals surface area contributed by atoms with E-state index in [4.69, 9.17) is 14.5 Å². The van der Waals surface area contributed by atoms with Crippen LogP contribution in [0.4, 0.5) is 24.5 Å². The van der Waals surface area contributed by atoms with E-state index in [1.165, 1.54) is 0 Å². The number of aliphatic hydroxyl groups is 1. The maximum absolute atomic E-state index is 16.9. The van der Waals surface area contributed by atoms with E-state index >= 15 is 8.78 Å². The Kier molecular flexibility index (Phi) is 8.41. The number of pyridine rings is 1. The molecule has 0 bridgehead atoms. The molecule has 0 spiro atoms. The maximum atomic E-state index is 16.9. The summed E-state index contributed by atoms with van der Waals surface area (Å²) in [5.41, 5.74) is 0.593. The highest BCUT2D eigenvalue weighted by Crippen LogP contribution is 2.46. The summed E-state index contributed by atoms with van der Waals surface area (Å²) in [6.07, 6.45) is 2.67. The first kappa shape index (κ1) is 32.5. The van der Waals surface area contributed by atoms with Crippen LogP contribution in [-0.2, 0) is 22.7 Å². The van der Waals surface area contributed by atoms with Crippen LogP contribution < -0.4 is 10.2 Å². The van der Waals surface area contributed by atoms with Crippen LogP contribution in [-0.4, -0.2) is 100 Å². The first-order chi connectivity index (χ1) is 23.0. The minimum atomic E-state index is -0.806. The van der Waals surface area contributed by atoms with Crippen LogP contribution in [0.1, 0.15) is 43.9 Å². The van der Waals surface area contributed by atoms with Crippen LogP contribution in [0.15, 0.2) is 12.4 Å². The van der Waals surface area contributed by atoms with Gasteiger partial charge in [0, 0.05) is 67.3 Å². The molecule has 1 aromatic carbocycles. The Hall–Kier alpha value is -4.07. The summed E-state index contributed by atoms with van der Waals surface area (Å²) < 4.78 is 43.3. The van der Waals surface area contributed by atoms with Crippen molar-refractivity contribution in [3.05, 3.63) is 40.7 Å². The standard InChI is InChI=1S/C33H36F2N8O4S/c1-33(2,3)47-32(45)40-30-19(9-36)25-28(37-11-23(34)29(25)48-30)24-22-16-46-15-21(22)20-10-38-31(39-27(20)26(24)35)42-6-5-17(13-42)43-8-7-41(4)12-18(43)14-44/h10-11,17-18,44H,5-8,12-16H2,1-4H3,(H,40,45)/t17-,18+/m1/s1. The van der Waals surface area contributed by atoms with E-state index in [-0.39, 0.29) is 69.3 Å². The zero-order valence-corrected chi connectivity index (χ0v) is 28.0. The lowest BCUT2D eigenvalue weighted by Crippen LogP contribution is -2.57. The summed E-state index contributed by atoms with van der Waals surface area (Å²) in [5, 5.41) is 23.5. The Bertz CT molecular complexity index is 1980. The number of fused-ring (bicyclic) bond motifs is 4. The second kappa shape index (κ2) is 12.4. The third-order valence-corrected chi connectivity index (χ3v) is 10.3. The number of thiophene rings is 1. The molecule has 0 saturated carbocycles. The molecule has 252 valence electrons. The van der Waals surface area contributed by atoms with Crippen molar-refractivity contribution >= 4 is 49.4 Å². The van der Waals surface area contributed by atoms with Gasteiger partial charge in [-0.05, 0) is 45.4 Å². The van der Waals surface area contributed by atoms with E-state index < -0.39 is 23.3 Å². The number of ether oxygens (including phenoxy) is 2. The predicted octanol–water partition coefficient (Wildman–Crippen LogP) is 4.62. The van der Waals surface area contributed by atoms with E-state index in [1.807, 2.05) is 4.90 Å². The first-order valence-corrected chi connectivity index (χ1v) is 16.7. The van der Waals surface area contributed by atoms with E-state index in [0.717, 1.165) is 43.6 Å². The Morgan fingerprint density at radius 3 is 2.73 bits per heavy atom. The number of likely N-dealkylation sites (N-methyl/N-ethyl adjacent to an activating group) is 1. The summed E-state index contributed by atoms with van der Waals surface area (Å²) in [4.78, 5) is 32.9. The number of hydrogen-bond donors (Lipinski definition) is 2. The number of carbonyl (C=O) groups is 1. The van der Waals surface area contributed by atoms with Crippen molar-refractivity contribution in [2.75, 3.05) is 56.6 Å². The highest BCUT2D eigenvalue weighted by Gasteiger charge is 2.36.